The molecule has 1 aliphatic heterocycles. The van der Waals surface area contributed by atoms with E-state index in [9.17, 15) is 8.78 Å². The molecule has 0 fully saturated rings. The van der Waals surface area contributed by atoms with Gasteiger partial charge in [0.05, 0.1) is 12.4 Å². The second-order valence-corrected chi connectivity index (χ2v) is 5.06. The van der Waals surface area contributed by atoms with Gasteiger partial charge in [0, 0.05) is 0 Å². The van der Waals surface area contributed by atoms with Crippen LogP contribution >= 0.6 is 0 Å². The minimum atomic E-state index is -0.807. The molecule has 1 aliphatic rings. The van der Waals surface area contributed by atoms with E-state index in [-0.39, 0.29) is 6.10 Å². The number of benzene rings is 1. The predicted octanol–water partition coefficient (Wildman–Crippen LogP) is 5.07. The summed E-state index contributed by atoms with van der Waals surface area (Å²) < 4.78 is 31.7. The summed E-state index contributed by atoms with van der Waals surface area (Å²) in [4.78, 5) is 0. The number of hydrogen-bond donors (Lipinski definition) is 0. The van der Waals surface area contributed by atoms with Crippen LogP contribution in [-0.2, 0) is 4.74 Å². The topological polar surface area (TPSA) is 9.23 Å². The molecular weight excluding hydrogens is 246 g/mol. The number of ether oxygens (including phenoxy) is 1. The van der Waals surface area contributed by atoms with Crippen molar-refractivity contribution in [2.45, 2.75) is 51.6 Å². The molecule has 1 nitrogen and oxygen atoms in total. The maximum absolute atomic E-state index is 13.2. The normalized spacial score (nSPS) is 18.9. The van der Waals surface area contributed by atoms with E-state index in [0.29, 0.717) is 5.56 Å². The van der Waals surface area contributed by atoms with Gasteiger partial charge in [-0.15, -0.1) is 0 Å². The Morgan fingerprint density at radius 2 is 2.05 bits per heavy atom. The van der Waals surface area contributed by atoms with Gasteiger partial charge in [-0.1, -0.05) is 25.8 Å². The quantitative estimate of drug-likeness (QED) is 0.676. The smallest absolute Gasteiger partial charge is 0.159 e. The molecule has 0 saturated heterocycles. The molecule has 19 heavy (non-hydrogen) atoms. The molecule has 0 radical (unpaired) electrons. The summed E-state index contributed by atoms with van der Waals surface area (Å²) in [5.41, 5.74) is 1.66. The Morgan fingerprint density at radius 3 is 2.68 bits per heavy atom. The fourth-order valence-electron chi connectivity index (χ4n) is 2.36. The molecule has 0 aliphatic carbocycles. The Bertz CT molecular complexity index is 454. The molecule has 1 heterocycles. The first-order valence-electron chi connectivity index (χ1n) is 7.00. The predicted molar refractivity (Wildman–Crippen MR) is 72.6 cm³/mol. The van der Waals surface area contributed by atoms with Crippen molar-refractivity contribution < 1.29 is 13.5 Å². The third-order valence-electron chi connectivity index (χ3n) is 3.56. The van der Waals surface area contributed by atoms with E-state index < -0.39 is 11.6 Å². The Balaban J connectivity index is 1.94. The highest BCUT2D eigenvalue weighted by molar-refractivity contribution is 5.65. The van der Waals surface area contributed by atoms with Gasteiger partial charge in [-0.3, -0.25) is 0 Å². The molecule has 104 valence electrons. The van der Waals surface area contributed by atoms with Crippen LogP contribution in [0.4, 0.5) is 8.78 Å². The Morgan fingerprint density at radius 1 is 1.21 bits per heavy atom. The molecule has 3 heteroatoms. The van der Waals surface area contributed by atoms with Gasteiger partial charge in [0.15, 0.2) is 11.6 Å². The van der Waals surface area contributed by atoms with Crippen molar-refractivity contribution >= 4 is 5.57 Å². The lowest BCUT2D eigenvalue weighted by atomic mass is 9.96. The van der Waals surface area contributed by atoms with Crippen LogP contribution < -0.4 is 0 Å². The highest BCUT2D eigenvalue weighted by Crippen LogP contribution is 2.29. The molecule has 0 saturated carbocycles. The summed E-state index contributed by atoms with van der Waals surface area (Å²) in [7, 11) is 0. The van der Waals surface area contributed by atoms with Gasteiger partial charge in [-0.05, 0) is 49.0 Å². The first-order valence-corrected chi connectivity index (χ1v) is 7.00. The van der Waals surface area contributed by atoms with Gasteiger partial charge >= 0.3 is 0 Å². The summed E-state index contributed by atoms with van der Waals surface area (Å²) in [6.07, 6.45) is 8.52. The van der Waals surface area contributed by atoms with Gasteiger partial charge in [0.2, 0.25) is 0 Å². The van der Waals surface area contributed by atoms with E-state index in [1.54, 1.807) is 12.3 Å². The highest BCUT2D eigenvalue weighted by atomic mass is 19.2. The number of allylic oxidation sites excluding steroid dienone is 1. The summed E-state index contributed by atoms with van der Waals surface area (Å²) in [5, 5.41) is 0. The molecule has 2 rings (SSSR count). The number of hydrogen-bond acceptors (Lipinski definition) is 1. The zero-order valence-corrected chi connectivity index (χ0v) is 11.3. The van der Waals surface area contributed by atoms with Crippen molar-refractivity contribution in [3.05, 3.63) is 41.7 Å². The molecule has 0 spiro atoms. The fourth-order valence-corrected chi connectivity index (χ4v) is 2.36. The average Bonchev–Trinajstić information content (AvgIpc) is 2.43. The van der Waals surface area contributed by atoms with E-state index in [2.05, 4.69) is 6.92 Å². The van der Waals surface area contributed by atoms with Crippen LogP contribution in [-0.4, -0.2) is 6.10 Å². The monoisotopic (exact) mass is 266 g/mol. The maximum Gasteiger partial charge on any atom is 0.159 e. The lowest BCUT2D eigenvalue weighted by Gasteiger charge is -2.23. The Hall–Kier alpha value is -1.38. The molecule has 0 bridgehead atoms. The SMILES string of the molecule is CCCCCC1CCC(c2ccc(F)c(F)c2)=CO1. The van der Waals surface area contributed by atoms with Gasteiger partial charge in [0.25, 0.3) is 0 Å². The minimum absolute atomic E-state index is 0.278. The molecule has 0 N–H and O–H groups in total. The zero-order chi connectivity index (χ0) is 13.7. The van der Waals surface area contributed by atoms with Crippen molar-refractivity contribution in [1.82, 2.24) is 0 Å². The summed E-state index contributed by atoms with van der Waals surface area (Å²) in [6, 6.07) is 4.01. The second kappa shape index (κ2) is 6.69. The van der Waals surface area contributed by atoms with Crippen LogP contribution in [0.5, 0.6) is 0 Å². The largest absolute Gasteiger partial charge is 0.498 e. The Kier molecular flexibility index (Phi) is 4.94. The van der Waals surface area contributed by atoms with E-state index in [0.717, 1.165) is 24.8 Å². The summed E-state index contributed by atoms with van der Waals surface area (Å²) in [6.45, 7) is 2.18. The van der Waals surface area contributed by atoms with Gasteiger partial charge in [0.1, 0.15) is 0 Å². The van der Waals surface area contributed by atoms with Crippen LogP contribution in [0.25, 0.3) is 5.57 Å². The molecule has 1 atom stereocenters. The molecular formula is C16H20F2O. The first-order chi connectivity index (χ1) is 9.20. The number of halogens is 2. The number of unbranched alkanes of at least 4 members (excludes halogenated alkanes) is 2. The van der Waals surface area contributed by atoms with E-state index >= 15 is 0 Å². The van der Waals surface area contributed by atoms with Gasteiger partial charge in [-0.25, -0.2) is 8.78 Å². The van der Waals surface area contributed by atoms with Gasteiger partial charge in [-0.2, -0.15) is 0 Å². The van der Waals surface area contributed by atoms with Crippen LogP contribution in [0.3, 0.4) is 0 Å². The standard InChI is InChI=1S/C16H20F2O/c1-2-3-4-5-14-8-6-13(11-19-14)12-7-9-15(17)16(18)10-12/h7,9-11,14H,2-6,8H2,1H3. The van der Waals surface area contributed by atoms with E-state index in [1.807, 2.05) is 0 Å². The minimum Gasteiger partial charge on any atom is -0.498 e. The molecule has 0 amide bonds. The van der Waals surface area contributed by atoms with Crippen LogP contribution in [0, 0.1) is 11.6 Å². The molecule has 1 aromatic rings. The lowest BCUT2D eigenvalue weighted by Crippen LogP contribution is -2.14. The van der Waals surface area contributed by atoms with Crippen molar-refractivity contribution in [2.75, 3.05) is 0 Å². The Labute approximate surface area is 113 Å². The molecule has 1 unspecified atom stereocenters. The molecule has 1 aromatic carbocycles. The average molecular weight is 266 g/mol. The summed E-state index contributed by atoms with van der Waals surface area (Å²) >= 11 is 0. The second-order valence-electron chi connectivity index (χ2n) is 5.06. The van der Waals surface area contributed by atoms with Crippen LogP contribution in [0.1, 0.15) is 51.0 Å². The van der Waals surface area contributed by atoms with E-state index in [4.69, 9.17) is 4.74 Å². The lowest BCUT2D eigenvalue weighted by molar-refractivity contribution is 0.116. The third-order valence-corrected chi connectivity index (χ3v) is 3.56. The fraction of sp³-hybridized carbons (Fsp3) is 0.500. The van der Waals surface area contributed by atoms with Crippen molar-refractivity contribution in [1.29, 1.82) is 0 Å². The molecule has 0 aromatic heterocycles. The van der Waals surface area contributed by atoms with E-state index in [1.165, 1.54) is 31.4 Å². The highest BCUT2D eigenvalue weighted by Gasteiger charge is 2.17. The zero-order valence-electron chi connectivity index (χ0n) is 11.3. The van der Waals surface area contributed by atoms with Crippen LogP contribution in [0.15, 0.2) is 24.5 Å². The number of rotatable bonds is 5. The van der Waals surface area contributed by atoms with Crippen molar-refractivity contribution in [3.63, 3.8) is 0 Å². The summed E-state index contributed by atoms with van der Waals surface area (Å²) in [5.74, 6) is -1.61. The van der Waals surface area contributed by atoms with Crippen molar-refractivity contribution in [3.8, 4) is 0 Å². The van der Waals surface area contributed by atoms with Gasteiger partial charge < -0.3 is 4.74 Å². The third kappa shape index (κ3) is 3.79. The van der Waals surface area contributed by atoms with Crippen molar-refractivity contribution in [2.24, 2.45) is 0 Å². The maximum atomic E-state index is 13.2. The first kappa shape index (κ1) is 14.0. The van der Waals surface area contributed by atoms with Crippen LogP contribution in [0.2, 0.25) is 0 Å².